The van der Waals surface area contributed by atoms with Gasteiger partial charge in [-0.1, -0.05) is 18.2 Å². The predicted octanol–water partition coefficient (Wildman–Crippen LogP) is 4.12. The number of nitro groups is 1. The van der Waals surface area contributed by atoms with Crippen LogP contribution in [0.1, 0.15) is 18.5 Å². The summed E-state index contributed by atoms with van der Waals surface area (Å²) >= 11 is 0. The van der Waals surface area contributed by atoms with E-state index >= 15 is 0 Å². The number of non-ortho nitro benzene ring substituents is 1. The van der Waals surface area contributed by atoms with Gasteiger partial charge in [0.25, 0.3) is 5.69 Å². The average molecular weight is 352 g/mol. The third-order valence-electron chi connectivity index (χ3n) is 3.49. The minimum Gasteiger partial charge on any atom is -0.465 e. The van der Waals surface area contributed by atoms with E-state index in [0.29, 0.717) is 11.3 Å². The zero-order chi connectivity index (χ0) is 18.9. The monoisotopic (exact) mass is 352 g/mol. The van der Waals surface area contributed by atoms with Crippen LogP contribution in [0.15, 0.2) is 64.8 Å². The van der Waals surface area contributed by atoms with Gasteiger partial charge in [0.05, 0.1) is 23.3 Å². The zero-order valence-electron chi connectivity index (χ0n) is 14.0. The molecule has 8 nitrogen and oxygen atoms in total. The molecule has 0 bridgehead atoms. The van der Waals surface area contributed by atoms with Gasteiger partial charge in [0, 0.05) is 12.1 Å². The summed E-state index contributed by atoms with van der Waals surface area (Å²) in [6.07, 6.45) is 0. The Morgan fingerprint density at radius 3 is 2.42 bits per heavy atom. The van der Waals surface area contributed by atoms with E-state index in [1.807, 2.05) is 12.1 Å². The van der Waals surface area contributed by atoms with Crippen LogP contribution in [0.25, 0.3) is 0 Å². The van der Waals surface area contributed by atoms with Crippen molar-refractivity contribution < 1.29 is 14.5 Å². The molecule has 0 fully saturated rings. The van der Waals surface area contributed by atoms with Gasteiger partial charge in [-0.2, -0.15) is 15.5 Å². The van der Waals surface area contributed by atoms with Crippen molar-refractivity contribution in [1.29, 1.82) is 5.26 Å². The molecule has 2 unspecified atom stereocenters. The molecule has 0 N–H and O–H groups in total. The summed E-state index contributed by atoms with van der Waals surface area (Å²) in [5, 5.41) is 28.5. The lowest BCUT2D eigenvalue weighted by Crippen LogP contribution is -2.22. The van der Waals surface area contributed by atoms with E-state index in [1.165, 1.54) is 24.3 Å². The summed E-state index contributed by atoms with van der Waals surface area (Å²) < 4.78 is 4.94. The number of nitrogens with zero attached hydrogens (tertiary/aromatic N) is 4. The first-order chi connectivity index (χ1) is 12.6. The van der Waals surface area contributed by atoms with Crippen molar-refractivity contribution in [3.63, 3.8) is 0 Å². The Morgan fingerprint density at radius 2 is 1.88 bits per heavy atom. The van der Waals surface area contributed by atoms with E-state index in [2.05, 4.69) is 10.2 Å². The Morgan fingerprint density at radius 1 is 1.23 bits per heavy atom. The molecule has 8 heteroatoms. The fraction of sp³-hybridized carbons (Fsp3) is 0.222. The number of hydrogen-bond acceptors (Lipinski definition) is 7. The third kappa shape index (κ3) is 4.70. The van der Waals surface area contributed by atoms with E-state index in [0.717, 1.165) is 0 Å². The van der Waals surface area contributed by atoms with E-state index < -0.39 is 22.9 Å². The highest BCUT2D eigenvalue weighted by Crippen LogP contribution is 2.30. The number of azo groups is 1. The second-order valence-electron chi connectivity index (χ2n) is 5.20. The number of carbonyl (C=O) groups excluding carboxylic acids is 1. The standard InChI is InChI=1S/C18H16N4O4/c1-2-26-18(23)16(12-19)17(21-20-14-6-4-3-5-7-14)13-8-10-15(11-9-13)22(24)25/h3-11,16-17H,2H2,1H3. The lowest BCUT2D eigenvalue weighted by Gasteiger charge is -2.16. The molecule has 0 spiro atoms. The molecule has 0 aromatic heterocycles. The van der Waals surface area contributed by atoms with Gasteiger partial charge in [0.1, 0.15) is 6.04 Å². The third-order valence-corrected chi connectivity index (χ3v) is 3.49. The van der Waals surface area contributed by atoms with Crippen LogP contribution < -0.4 is 0 Å². The molecule has 0 radical (unpaired) electrons. The zero-order valence-corrected chi connectivity index (χ0v) is 14.0. The van der Waals surface area contributed by atoms with Gasteiger partial charge in [0.15, 0.2) is 5.92 Å². The van der Waals surface area contributed by atoms with Crippen LogP contribution in [0.4, 0.5) is 11.4 Å². The molecular formula is C18H16N4O4. The summed E-state index contributed by atoms with van der Waals surface area (Å²) in [6, 6.07) is 15.3. The summed E-state index contributed by atoms with van der Waals surface area (Å²) in [4.78, 5) is 22.4. The summed E-state index contributed by atoms with van der Waals surface area (Å²) in [5.74, 6) is -1.94. The molecule has 0 aliphatic rings. The topological polar surface area (TPSA) is 118 Å². The number of benzene rings is 2. The van der Waals surface area contributed by atoms with Crippen LogP contribution >= 0.6 is 0 Å². The number of nitro benzene ring substituents is 1. The first-order valence-electron chi connectivity index (χ1n) is 7.83. The molecule has 2 rings (SSSR count). The minimum absolute atomic E-state index is 0.0999. The van der Waals surface area contributed by atoms with Crippen LogP contribution in [0, 0.1) is 27.4 Å². The van der Waals surface area contributed by atoms with Gasteiger partial charge in [-0.15, -0.1) is 0 Å². The number of nitriles is 1. The average Bonchev–Trinajstić information content (AvgIpc) is 2.66. The lowest BCUT2D eigenvalue weighted by molar-refractivity contribution is -0.384. The van der Waals surface area contributed by atoms with E-state index in [4.69, 9.17) is 4.74 Å². The molecule has 2 atom stereocenters. The number of rotatable bonds is 7. The highest BCUT2D eigenvalue weighted by atomic mass is 16.6. The number of carbonyl (C=O) groups is 1. The van der Waals surface area contributed by atoms with Gasteiger partial charge < -0.3 is 4.74 Å². The van der Waals surface area contributed by atoms with Crippen molar-refractivity contribution >= 4 is 17.3 Å². The molecular weight excluding hydrogens is 336 g/mol. The predicted molar refractivity (Wildman–Crippen MR) is 92.5 cm³/mol. The summed E-state index contributed by atoms with van der Waals surface area (Å²) in [7, 11) is 0. The van der Waals surface area contributed by atoms with Crippen molar-refractivity contribution in [1.82, 2.24) is 0 Å². The number of hydrogen-bond donors (Lipinski definition) is 0. The molecule has 0 saturated carbocycles. The molecule has 0 amide bonds. The largest absolute Gasteiger partial charge is 0.465 e. The molecule has 0 saturated heterocycles. The van der Waals surface area contributed by atoms with Gasteiger partial charge in [-0.05, 0) is 36.8 Å². The van der Waals surface area contributed by atoms with Crippen LogP contribution in [-0.4, -0.2) is 17.5 Å². The normalized spacial score (nSPS) is 12.9. The fourth-order valence-corrected chi connectivity index (χ4v) is 2.23. The lowest BCUT2D eigenvalue weighted by atomic mass is 9.94. The fourth-order valence-electron chi connectivity index (χ4n) is 2.23. The van der Waals surface area contributed by atoms with E-state index in [-0.39, 0.29) is 12.3 Å². The maximum absolute atomic E-state index is 12.1. The van der Waals surface area contributed by atoms with E-state index in [9.17, 15) is 20.2 Å². The maximum Gasteiger partial charge on any atom is 0.326 e. The minimum atomic E-state index is -1.22. The summed E-state index contributed by atoms with van der Waals surface area (Å²) in [6.45, 7) is 1.76. The Balaban J connectivity index is 2.40. The van der Waals surface area contributed by atoms with Crippen molar-refractivity contribution in [2.45, 2.75) is 13.0 Å². The smallest absolute Gasteiger partial charge is 0.326 e. The van der Waals surface area contributed by atoms with Crippen molar-refractivity contribution in [2.24, 2.45) is 16.1 Å². The first-order valence-corrected chi connectivity index (χ1v) is 7.83. The molecule has 0 aliphatic carbocycles. The second-order valence-corrected chi connectivity index (χ2v) is 5.20. The molecule has 2 aromatic rings. The van der Waals surface area contributed by atoms with Gasteiger partial charge in [-0.3, -0.25) is 14.9 Å². The van der Waals surface area contributed by atoms with Crippen molar-refractivity contribution in [3.8, 4) is 6.07 Å². The molecule has 0 aliphatic heterocycles. The maximum atomic E-state index is 12.1. The molecule has 26 heavy (non-hydrogen) atoms. The highest BCUT2D eigenvalue weighted by molar-refractivity contribution is 5.76. The number of esters is 1. The Labute approximate surface area is 149 Å². The van der Waals surface area contributed by atoms with Gasteiger partial charge in [-0.25, -0.2) is 0 Å². The Bertz CT molecular complexity index is 829. The van der Waals surface area contributed by atoms with Crippen molar-refractivity contribution in [2.75, 3.05) is 6.61 Å². The van der Waals surface area contributed by atoms with Gasteiger partial charge in [0.2, 0.25) is 0 Å². The van der Waals surface area contributed by atoms with Crippen molar-refractivity contribution in [3.05, 3.63) is 70.3 Å². The van der Waals surface area contributed by atoms with E-state index in [1.54, 1.807) is 31.2 Å². The second kappa shape index (κ2) is 9.03. The first kappa shape index (κ1) is 18.7. The van der Waals surface area contributed by atoms with Crippen LogP contribution in [0.5, 0.6) is 0 Å². The van der Waals surface area contributed by atoms with Crippen LogP contribution in [0.2, 0.25) is 0 Å². The quantitative estimate of drug-likeness (QED) is 0.321. The molecule has 0 heterocycles. The SMILES string of the molecule is CCOC(=O)C(C#N)C(N=Nc1ccccc1)c1ccc([N+](=O)[O-])cc1. The van der Waals surface area contributed by atoms with Crippen LogP contribution in [0.3, 0.4) is 0 Å². The molecule has 2 aromatic carbocycles. The Kier molecular flexibility index (Phi) is 6.51. The van der Waals surface area contributed by atoms with Gasteiger partial charge >= 0.3 is 5.97 Å². The summed E-state index contributed by atoms with van der Waals surface area (Å²) in [5.41, 5.74) is 0.909. The highest BCUT2D eigenvalue weighted by Gasteiger charge is 2.31. The molecule has 132 valence electrons. The van der Waals surface area contributed by atoms with Crippen LogP contribution in [-0.2, 0) is 9.53 Å². The number of ether oxygens (including phenoxy) is 1. The Hall–Kier alpha value is -3.60.